The third-order valence-corrected chi connectivity index (χ3v) is 3.76. The summed E-state index contributed by atoms with van der Waals surface area (Å²) in [5.74, 6) is 1.70. The minimum atomic E-state index is 0.108. The number of rotatable bonds is 7. The second-order valence-corrected chi connectivity index (χ2v) is 5.28. The van der Waals surface area contributed by atoms with Gasteiger partial charge in [0.05, 0.1) is 20.6 Å². The molecule has 0 aliphatic rings. The standard InChI is InChI=1S/C19H23NO3/c1-4-20(14-15-8-10-17(22-2)11-9-15)19(21)13-16-6-5-7-18(12-16)23-3/h5-12H,4,13-14H2,1-3H3. The number of carbonyl (C=O) groups excluding carboxylic acids is 1. The quantitative estimate of drug-likeness (QED) is 0.787. The molecule has 23 heavy (non-hydrogen) atoms. The number of benzene rings is 2. The molecule has 0 radical (unpaired) electrons. The van der Waals surface area contributed by atoms with Crippen molar-refractivity contribution in [2.45, 2.75) is 19.9 Å². The fraction of sp³-hybridized carbons (Fsp3) is 0.316. The lowest BCUT2D eigenvalue weighted by Crippen LogP contribution is -2.31. The van der Waals surface area contributed by atoms with E-state index in [4.69, 9.17) is 9.47 Å². The molecular weight excluding hydrogens is 290 g/mol. The van der Waals surface area contributed by atoms with Crippen LogP contribution in [0.4, 0.5) is 0 Å². The molecule has 0 spiro atoms. The van der Waals surface area contributed by atoms with Crippen molar-refractivity contribution in [3.63, 3.8) is 0 Å². The second kappa shape index (κ2) is 8.22. The monoisotopic (exact) mass is 313 g/mol. The number of hydrogen-bond donors (Lipinski definition) is 0. The highest BCUT2D eigenvalue weighted by atomic mass is 16.5. The third kappa shape index (κ3) is 4.74. The van der Waals surface area contributed by atoms with E-state index < -0.39 is 0 Å². The van der Waals surface area contributed by atoms with Gasteiger partial charge in [-0.15, -0.1) is 0 Å². The molecule has 0 aliphatic carbocycles. The Hall–Kier alpha value is -2.49. The van der Waals surface area contributed by atoms with Gasteiger partial charge in [-0.3, -0.25) is 4.79 Å². The van der Waals surface area contributed by atoms with Gasteiger partial charge in [-0.2, -0.15) is 0 Å². The number of carbonyl (C=O) groups is 1. The van der Waals surface area contributed by atoms with Gasteiger partial charge in [0.1, 0.15) is 11.5 Å². The first-order valence-corrected chi connectivity index (χ1v) is 7.70. The Labute approximate surface area is 137 Å². The first kappa shape index (κ1) is 16.9. The van der Waals surface area contributed by atoms with Crippen molar-refractivity contribution < 1.29 is 14.3 Å². The number of likely N-dealkylation sites (N-methyl/N-ethyl adjacent to an activating group) is 1. The van der Waals surface area contributed by atoms with Crippen LogP contribution >= 0.6 is 0 Å². The maximum Gasteiger partial charge on any atom is 0.227 e. The summed E-state index contributed by atoms with van der Waals surface area (Å²) in [5.41, 5.74) is 2.05. The Morgan fingerprint density at radius 3 is 2.26 bits per heavy atom. The lowest BCUT2D eigenvalue weighted by Gasteiger charge is -2.21. The molecule has 0 aromatic heterocycles. The molecular formula is C19H23NO3. The van der Waals surface area contributed by atoms with E-state index in [-0.39, 0.29) is 5.91 Å². The van der Waals surface area contributed by atoms with E-state index in [0.717, 1.165) is 22.6 Å². The van der Waals surface area contributed by atoms with E-state index in [1.165, 1.54) is 0 Å². The lowest BCUT2D eigenvalue weighted by atomic mass is 10.1. The average Bonchev–Trinajstić information content (AvgIpc) is 2.60. The van der Waals surface area contributed by atoms with Crippen LogP contribution in [0.15, 0.2) is 48.5 Å². The molecule has 0 atom stereocenters. The van der Waals surface area contributed by atoms with Crippen molar-refractivity contribution in [3.8, 4) is 11.5 Å². The fourth-order valence-corrected chi connectivity index (χ4v) is 2.40. The van der Waals surface area contributed by atoms with Crippen LogP contribution in [0.3, 0.4) is 0 Å². The number of nitrogens with zero attached hydrogens (tertiary/aromatic N) is 1. The predicted octanol–water partition coefficient (Wildman–Crippen LogP) is 3.30. The van der Waals surface area contributed by atoms with Gasteiger partial charge in [-0.1, -0.05) is 24.3 Å². The van der Waals surface area contributed by atoms with E-state index in [0.29, 0.717) is 19.5 Å². The Morgan fingerprint density at radius 1 is 0.957 bits per heavy atom. The van der Waals surface area contributed by atoms with E-state index in [2.05, 4.69) is 0 Å². The van der Waals surface area contributed by atoms with Crippen LogP contribution in [0.25, 0.3) is 0 Å². The molecule has 0 N–H and O–H groups in total. The fourth-order valence-electron chi connectivity index (χ4n) is 2.40. The summed E-state index contributed by atoms with van der Waals surface area (Å²) < 4.78 is 10.4. The van der Waals surface area contributed by atoms with Crippen molar-refractivity contribution in [1.29, 1.82) is 0 Å². The van der Waals surface area contributed by atoms with Crippen molar-refractivity contribution in [2.24, 2.45) is 0 Å². The maximum absolute atomic E-state index is 12.5. The molecule has 0 saturated carbocycles. The summed E-state index contributed by atoms with van der Waals surface area (Å²) in [7, 11) is 3.27. The van der Waals surface area contributed by atoms with Crippen LogP contribution in [-0.2, 0) is 17.8 Å². The van der Waals surface area contributed by atoms with Crippen LogP contribution in [0.2, 0.25) is 0 Å². The summed E-state index contributed by atoms with van der Waals surface area (Å²) in [6.07, 6.45) is 0.376. The molecule has 2 rings (SSSR count). The highest BCUT2D eigenvalue weighted by Crippen LogP contribution is 2.16. The van der Waals surface area contributed by atoms with Gasteiger partial charge in [0.15, 0.2) is 0 Å². The first-order chi connectivity index (χ1) is 11.2. The van der Waals surface area contributed by atoms with Crippen molar-refractivity contribution in [2.75, 3.05) is 20.8 Å². The molecule has 2 aromatic rings. The molecule has 122 valence electrons. The van der Waals surface area contributed by atoms with E-state index in [1.807, 2.05) is 60.4 Å². The normalized spacial score (nSPS) is 10.2. The molecule has 2 aromatic carbocycles. The molecule has 1 amide bonds. The summed E-state index contributed by atoms with van der Waals surface area (Å²) in [6.45, 7) is 3.27. The number of methoxy groups -OCH3 is 2. The molecule has 0 unspecified atom stereocenters. The second-order valence-electron chi connectivity index (χ2n) is 5.28. The van der Waals surface area contributed by atoms with Crippen molar-refractivity contribution in [3.05, 3.63) is 59.7 Å². The SMILES string of the molecule is CCN(Cc1ccc(OC)cc1)C(=O)Cc1cccc(OC)c1. The van der Waals surface area contributed by atoms with Crippen molar-refractivity contribution in [1.82, 2.24) is 4.90 Å². The topological polar surface area (TPSA) is 38.8 Å². The van der Waals surface area contributed by atoms with Crippen LogP contribution in [-0.4, -0.2) is 31.6 Å². The highest BCUT2D eigenvalue weighted by molar-refractivity contribution is 5.78. The molecule has 0 heterocycles. The highest BCUT2D eigenvalue weighted by Gasteiger charge is 2.13. The number of amides is 1. The Kier molecular flexibility index (Phi) is 6.03. The molecule has 0 saturated heterocycles. The largest absolute Gasteiger partial charge is 0.497 e. The van der Waals surface area contributed by atoms with Gasteiger partial charge in [-0.05, 0) is 42.3 Å². The molecule has 0 fully saturated rings. The third-order valence-electron chi connectivity index (χ3n) is 3.76. The zero-order chi connectivity index (χ0) is 16.7. The van der Waals surface area contributed by atoms with Gasteiger partial charge in [0, 0.05) is 13.1 Å². The van der Waals surface area contributed by atoms with Gasteiger partial charge >= 0.3 is 0 Å². The van der Waals surface area contributed by atoms with Crippen LogP contribution in [0.1, 0.15) is 18.1 Å². The number of ether oxygens (including phenoxy) is 2. The first-order valence-electron chi connectivity index (χ1n) is 7.70. The lowest BCUT2D eigenvalue weighted by molar-refractivity contribution is -0.130. The Morgan fingerprint density at radius 2 is 1.65 bits per heavy atom. The predicted molar refractivity (Wildman–Crippen MR) is 90.8 cm³/mol. The smallest absolute Gasteiger partial charge is 0.227 e. The van der Waals surface area contributed by atoms with Crippen LogP contribution in [0, 0.1) is 0 Å². The molecule has 0 bridgehead atoms. The molecule has 4 nitrogen and oxygen atoms in total. The zero-order valence-electron chi connectivity index (χ0n) is 13.9. The van der Waals surface area contributed by atoms with Gasteiger partial charge in [0.25, 0.3) is 0 Å². The maximum atomic E-state index is 12.5. The zero-order valence-corrected chi connectivity index (χ0v) is 13.9. The van der Waals surface area contributed by atoms with Crippen molar-refractivity contribution >= 4 is 5.91 Å². The van der Waals surface area contributed by atoms with Gasteiger partial charge in [-0.25, -0.2) is 0 Å². The minimum Gasteiger partial charge on any atom is -0.497 e. The average molecular weight is 313 g/mol. The van der Waals surface area contributed by atoms with Crippen LogP contribution < -0.4 is 9.47 Å². The summed E-state index contributed by atoms with van der Waals surface area (Å²) in [6, 6.07) is 15.4. The van der Waals surface area contributed by atoms with E-state index in [9.17, 15) is 4.79 Å². The summed E-state index contributed by atoms with van der Waals surface area (Å²) in [4.78, 5) is 14.4. The summed E-state index contributed by atoms with van der Waals surface area (Å²) >= 11 is 0. The van der Waals surface area contributed by atoms with Gasteiger partial charge < -0.3 is 14.4 Å². The molecule has 4 heteroatoms. The summed E-state index contributed by atoms with van der Waals surface area (Å²) in [5, 5.41) is 0. The van der Waals surface area contributed by atoms with E-state index >= 15 is 0 Å². The molecule has 0 aliphatic heterocycles. The Bertz CT molecular complexity index is 637. The van der Waals surface area contributed by atoms with Gasteiger partial charge in [0.2, 0.25) is 5.91 Å². The van der Waals surface area contributed by atoms with Crippen LogP contribution in [0.5, 0.6) is 11.5 Å². The number of hydrogen-bond acceptors (Lipinski definition) is 3. The Balaban J connectivity index is 2.02. The van der Waals surface area contributed by atoms with E-state index in [1.54, 1.807) is 14.2 Å². The minimum absolute atomic E-state index is 0.108.